The molecule has 0 aliphatic rings. The summed E-state index contributed by atoms with van der Waals surface area (Å²) < 4.78 is 11.8. The van der Waals surface area contributed by atoms with Gasteiger partial charge in [-0.3, -0.25) is 0 Å². The van der Waals surface area contributed by atoms with E-state index in [1.807, 2.05) is 0 Å². The average molecular weight is 693 g/mol. The van der Waals surface area contributed by atoms with Gasteiger partial charge >= 0.3 is 0 Å². The molecule has 0 bridgehead atoms. The van der Waals surface area contributed by atoms with Crippen molar-refractivity contribution in [1.29, 1.82) is 0 Å². The van der Waals surface area contributed by atoms with Crippen molar-refractivity contribution in [3.8, 4) is 34.3 Å². The molecule has 4 rings (SSSR count). The predicted molar refractivity (Wildman–Crippen MR) is 212 cm³/mol. The van der Waals surface area contributed by atoms with Crippen molar-refractivity contribution in [2.75, 3.05) is 13.2 Å². The number of rotatable bonds is 28. The maximum absolute atomic E-state index is 5.91. The van der Waals surface area contributed by atoms with Gasteiger partial charge in [0, 0.05) is 11.1 Å². The molecule has 2 aromatic carbocycles. The lowest BCUT2D eigenvalue weighted by Crippen LogP contribution is -2.00. The van der Waals surface area contributed by atoms with Gasteiger partial charge in [0.2, 0.25) is 0 Å². The topological polar surface area (TPSA) is 70.0 Å². The Balaban J connectivity index is 0.980. The minimum Gasteiger partial charge on any atom is -0.490 e. The Kier molecular flexibility index (Phi) is 19.8. The number of hydrogen-bond acceptors (Lipinski definition) is 6. The predicted octanol–water partition coefficient (Wildman–Crippen LogP) is 12.6. The summed E-state index contributed by atoms with van der Waals surface area (Å²) in [4.78, 5) is 18.2. The van der Waals surface area contributed by atoms with Crippen LogP contribution < -0.4 is 9.47 Å². The van der Waals surface area contributed by atoms with E-state index in [1.54, 1.807) is 24.8 Å². The van der Waals surface area contributed by atoms with E-state index in [4.69, 9.17) is 9.47 Å². The molecule has 0 saturated heterocycles. The molecule has 0 amide bonds. The monoisotopic (exact) mass is 693 g/mol. The van der Waals surface area contributed by atoms with Gasteiger partial charge in [0.1, 0.15) is 0 Å². The largest absolute Gasteiger partial charge is 0.490 e. The highest BCUT2D eigenvalue weighted by molar-refractivity contribution is 5.56. The average Bonchev–Trinajstić information content (AvgIpc) is 3.17. The fourth-order valence-corrected chi connectivity index (χ4v) is 6.41. The smallest absolute Gasteiger partial charge is 0.159 e. The Bertz CT molecular complexity index is 1310. The van der Waals surface area contributed by atoms with E-state index < -0.39 is 0 Å². The first-order valence-electron chi connectivity index (χ1n) is 20.3. The Morgan fingerprint density at radius 2 is 0.686 bits per heavy atom. The number of aromatic nitrogens is 4. The molecule has 0 aliphatic heterocycles. The number of aryl methyl sites for hydroxylation is 2. The van der Waals surface area contributed by atoms with E-state index in [0.717, 1.165) is 60.0 Å². The van der Waals surface area contributed by atoms with E-state index in [-0.39, 0.29) is 0 Å². The molecule has 6 heteroatoms. The molecule has 2 aromatic heterocycles. The van der Waals surface area contributed by atoms with Crippen molar-refractivity contribution in [2.45, 2.75) is 149 Å². The molecule has 0 fully saturated rings. The molecule has 4 aromatic rings. The normalized spacial score (nSPS) is 11.2. The van der Waals surface area contributed by atoms with Crippen LogP contribution in [0.15, 0.2) is 73.3 Å². The highest BCUT2D eigenvalue weighted by Gasteiger charge is 2.05. The third kappa shape index (κ3) is 16.4. The van der Waals surface area contributed by atoms with Crippen LogP contribution in [0.3, 0.4) is 0 Å². The van der Waals surface area contributed by atoms with Crippen LogP contribution in [0.25, 0.3) is 22.8 Å². The van der Waals surface area contributed by atoms with Crippen molar-refractivity contribution in [2.24, 2.45) is 0 Å². The zero-order chi connectivity index (χ0) is 35.6. The summed E-state index contributed by atoms with van der Waals surface area (Å²) in [5.41, 5.74) is 4.90. The fraction of sp³-hybridized carbons (Fsp3) is 0.556. The van der Waals surface area contributed by atoms with E-state index in [1.165, 1.54) is 120 Å². The summed E-state index contributed by atoms with van der Waals surface area (Å²) in [5.74, 6) is 2.98. The summed E-state index contributed by atoms with van der Waals surface area (Å²) in [5, 5.41) is 0. The van der Waals surface area contributed by atoms with E-state index in [9.17, 15) is 0 Å². The third-order valence-electron chi connectivity index (χ3n) is 9.64. The molecule has 6 nitrogen and oxygen atoms in total. The van der Waals surface area contributed by atoms with Crippen molar-refractivity contribution < 1.29 is 9.47 Å². The van der Waals surface area contributed by atoms with Gasteiger partial charge in [-0.1, -0.05) is 159 Å². The van der Waals surface area contributed by atoms with Gasteiger partial charge in [-0.25, -0.2) is 19.9 Å². The second-order valence-electron chi connectivity index (χ2n) is 14.1. The summed E-state index contributed by atoms with van der Waals surface area (Å²) in [7, 11) is 0. The van der Waals surface area contributed by atoms with Crippen molar-refractivity contribution in [1.82, 2.24) is 19.9 Å². The van der Waals surface area contributed by atoms with Crippen LogP contribution in [-0.4, -0.2) is 33.1 Å². The Labute approximate surface area is 309 Å². The summed E-state index contributed by atoms with van der Waals surface area (Å²) in [6.45, 7) is 5.94. The number of unbranched alkanes of at least 4 members (excludes halogenated alkanes) is 16. The van der Waals surface area contributed by atoms with Crippen LogP contribution in [0, 0.1) is 0 Å². The molecule has 0 aliphatic carbocycles. The zero-order valence-corrected chi connectivity index (χ0v) is 31.8. The van der Waals surface area contributed by atoms with Crippen LogP contribution in [0.4, 0.5) is 0 Å². The molecule has 0 unspecified atom stereocenters. The molecular formula is C45H64N4O2. The summed E-state index contributed by atoms with van der Waals surface area (Å²) >= 11 is 0. The highest BCUT2D eigenvalue weighted by atomic mass is 16.5. The quantitative estimate of drug-likeness (QED) is 0.0552. The number of ether oxygens (including phenoxy) is 2. The molecule has 2 heterocycles. The van der Waals surface area contributed by atoms with Crippen LogP contribution in [0.2, 0.25) is 0 Å². The lowest BCUT2D eigenvalue weighted by molar-refractivity contribution is 0.297. The molecule has 0 spiro atoms. The van der Waals surface area contributed by atoms with Gasteiger partial charge in [-0.05, 0) is 49.7 Å². The number of hydrogen-bond donors (Lipinski definition) is 0. The van der Waals surface area contributed by atoms with Crippen molar-refractivity contribution in [3.05, 3.63) is 84.4 Å². The number of nitrogens with zero attached hydrogens (tertiary/aromatic N) is 4. The van der Waals surface area contributed by atoms with E-state index >= 15 is 0 Å². The van der Waals surface area contributed by atoms with Crippen LogP contribution in [0.1, 0.15) is 147 Å². The maximum Gasteiger partial charge on any atom is 0.159 e. The Morgan fingerprint density at radius 1 is 0.373 bits per heavy atom. The molecule has 0 N–H and O–H groups in total. The second-order valence-corrected chi connectivity index (χ2v) is 14.1. The summed E-state index contributed by atoms with van der Waals surface area (Å²) in [6, 6.07) is 17.4. The van der Waals surface area contributed by atoms with Crippen LogP contribution in [-0.2, 0) is 12.8 Å². The minimum absolute atomic E-state index is 0.703. The maximum atomic E-state index is 5.91. The number of benzene rings is 2. The first kappa shape index (κ1) is 40.0. The molecule has 0 saturated carbocycles. The Hall–Kier alpha value is -3.80. The lowest BCUT2D eigenvalue weighted by atomic mass is 10.0. The second kappa shape index (κ2) is 25.2. The van der Waals surface area contributed by atoms with Gasteiger partial charge in [-0.2, -0.15) is 0 Å². The molecular weight excluding hydrogens is 629 g/mol. The summed E-state index contributed by atoms with van der Waals surface area (Å²) in [6.07, 6.45) is 33.6. The molecule has 0 atom stereocenters. The molecule has 0 radical (unpaired) electrons. The van der Waals surface area contributed by atoms with Crippen molar-refractivity contribution >= 4 is 0 Å². The van der Waals surface area contributed by atoms with Gasteiger partial charge in [0.05, 0.1) is 38.0 Å². The van der Waals surface area contributed by atoms with Crippen LogP contribution in [0.5, 0.6) is 11.5 Å². The lowest BCUT2D eigenvalue weighted by Gasteiger charge is -2.08. The standard InChI is InChI=1S/C45H64N4O2/c1-3-5-7-9-14-18-22-38-24-28-40(29-25-38)44-46-34-42(35-47-44)50-32-20-16-12-11-13-17-21-33-51-43-36-48-45(49-37-43)41-30-26-39(27-31-41)23-19-15-10-8-6-4-2/h24-31,34-37H,3-23,32-33H2,1-2H3. The van der Waals surface area contributed by atoms with Gasteiger partial charge < -0.3 is 9.47 Å². The van der Waals surface area contributed by atoms with Gasteiger partial charge in [0.25, 0.3) is 0 Å². The molecule has 51 heavy (non-hydrogen) atoms. The van der Waals surface area contributed by atoms with Gasteiger partial charge in [0.15, 0.2) is 23.1 Å². The molecule has 276 valence electrons. The zero-order valence-electron chi connectivity index (χ0n) is 31.8. The van der Waals surface area contributed by atoms with Crippen LogP contribution >= 0.6 is 0 Å². The SMILES string of the molecule is CCCCCCCCc1ccc(-c2ncc(OCCCCCCCCCOc3cnc(-c4ccc(CCCCCCCC)cc4)nc3)cn2)cc1. The minimum atomic E-state index is 0.703. The Morgan fingerprint density at radius 3 is 1.04 bits per heavy atom. The first-order valence-corrected chi connectivity index (χ1v) is 20.3. The van der Waals surface area contributed by atoms with E-state index in [2.05, 4.69) is 82.3 Å². The van der Waals surface area contributed by atoms with Gasteiger partial charge in [-0.15, -0.1) is 0 Å². The van der Waals surface area contributed by atoms with Crippen molar-refractivity contribution in [3.63, 3.8) is 0 Å². The first-order chi connectivity index (χ1) is 25.2. The highest BCUT2D eigenvalue weighted by Crippen LogP contribution is 2.21. The fourth-order valence-electron chi connectivity index (χ4n) is 6.41. The third-order valence-corrected chi connectivity index (χ3v) is 9.64. The van der Waals surface area contributed by atoms with E-state index in [0.29, 0.717) is 13.2 Å².